The molecule has 1 saturated heterocycles. The van der Waals surface area contributed by atoms with E-state index >= 15 is 0 Å². The normalized spacial score (nSPS) is 15.7. The largest absolute Gasteiger partial charge is 0.337 e. The van der Waals surface area contributed by atoms with E-state index in [4.69, 9.17) is 0 Å². The van der Waals surface area contributed by atoms with E-state index in [9.17, 15) is 4.79 Å². The van der Waals surface area contributed by atoms with Gasteiger partial charge in [0.05, 0.1) is 12.7 Å². The van der Waals surface area contributed by atoms with Crippen molar-refractivity contribution in [1.82, 2.24) is 25.2 Å². The van der Waals surface area contributed by atoms with Gasteiger partial charge in [0, 0.05) is 13.1 Å². The van der Waals surface area contributed by atoms with Crippen molar-refractivity contribution < 1.29 is 4.79 Å². The minimum absolute atomic E-state index is 0.0498. The molecule has 6 heteroatoms. The minimum atomic E-state index is -0.0498. The highest BCUT2D eigenvalue weighted by Crippen LogP contribution is 2.13. The average molecular weight is 299 g/mol. The van der Waals surface area contributed by atoms with Crippen molar-refractivity contribution in [2.45, 2.75) is 25.4 Å². The summed E-state index contributed by atoms with van der Waals surface area (Å²) in [5.74, 6) is -0.0498. The summed E-state index contributed by atoms with van der Waals surface area (Å²) in [6, 6.07) is 10.3. The number of aromatic nitrogens is 3. The molecule has 2 heterocycles. The number of carbonyl (C=O) groups is 1. The number of benzene rings is 1. The van der Waals surface area contributed by atoms with E-state index in [1.807, 2.05) is 37.4 Å². The maximum Gasteiger partial charge on any atom is 0.276 e. The Hall–Kier alpha value is -2.21. The van der Waals surface area contributed by atoms with Crippen LogP contribution in [0.25, 0.3) is 0 Å². The van der Waals surface area contributed by atoms with Gasteiger partial charge in [0.1, 0.15) is 0 Å². The Morgan fingerprint density at radius 2 is 2.05 bits per heavy atom. The van der Waals surface area contributed by atoms with E-state index < -0.39 is 0 Å². The van der Waals surface area contributed by atoms with Crippen molar-refractivity contribution >= 4 is 5.91 Å². The summed E-state index contributed by atoms with van der Waals surface area (Å²) < 4.78 is 1.71. The average Bonchev–Trinajstić information content (AvgIpc) is 3.04. The molecule has 0 aliphatic carbocycles. The first kappa shape index (κ1) is 14.7. The third kappa shape index (κ3) is 3.33. The SMILES string of the molecule is CN(C(=O)c1cn(Cc2ccccc2)nn1)C1CCNCC1. The van der Waals surface area contributed by atoms with Crippen LogP contribution in [-0.4, -0.2) is 52.0 Å². The highest BCUT2D eigenvalue weighted by Gasteiger charge is 2.24. The van der Waals surface area contributed by atoms with Crippen LogP contribution >= 0.6 is 0 Å². The highest BCUT2D eigenvalue weighted by molar-refractivity contribution is 5.91. The second-order valence-corrected chi connectivity index (χ2v) is 5.68. The number of rotatable bonds is 4. The molecule has 0 bridgehead atoms. The smallest absolute Gasteiger partial charge is 0.276 e. The van der Waals surface area contributed by atoms with E-state index in [0.717, 1.165) is 31.5 Å². The monoisotopic (exact) mass is 299 g/mol. The Morgan fingerprint density at radius 1 is 1.32 bits per heavy atom. The van der Waals surface area contributed by atoms with E-state index in [-0.39, 0.29) is 11.9 Å². The van der Waals surface area contributed by atoms with Gasteiger partial charge in [-0.3, -0.25) is 4.79 Å². The van der Waals surface area contributed by atoms with Crippen LogP contribution in [0.15, 0.2) is 36.5 Å². The molecular weight excluding hydrogens is 278 g/mol. The van der Waals surface area contributed by atoms with Crippen LogP contribution in [0.3, 0.4) is 0 Å². The molecule has 0 atom stereocenters. The molecule has 1 amide bonds. The summed E-state index contributed by atoms with van der Waals surface area (Å²) in [5.41, 5.74) is 1.55. The van der Waals surface area contributed by atoms with Crippen LogP contribution in [-0.2, 0) is 6.54 Å². The molecule has 3 rings (SSSR count). The Balaban J connectivity index is 1.66. The summed E-state index contributed by atoms with van der Waals surface area (Å²) in [4.78, 5) is 14.3. The van der Waals surface area contributed by atoms with Gasteiger partial charge in [-0.2, -0.15) is 0 Å². The van der Waals surface area contributed by atoms with Crippen LogP contribution in [0.2, 0.25) is 0 Å². The second-order valence-electron chi connectivity index (χ2n) is 5.68. The fraction of sp³-hybridized carbons (Fsp3) is 0.438. The lowest BCUT2D eigenvalue weighted by molar-refractivity contribution is 0.0697. The second kappa shape index (κ2) is 6.70. The van der Waals surface area contributed by atoms with Gasteiger partial charge in [-0.1, -0.05) is 35.5 Å². The van der Waals surface area contributed by atoms with Crippen molar-refractivity contribution in [1.29, 1.82) is 0 Å². The molecule has 1 N–H and O–H groups in total. The predicted octanol–water partition coefficient (Wildman–Crippen LogP) is 1.15. The third-order valence-electron chi connectivity index (χ3n) is 4.12. The van der Waals surface area contributed by atoms with Crippen molar-refractivity contribution in [3.05, 3.63) is 47.8 Å². The minimum Gasteiger partial charge on any atom is -0.337 e. The van der Waals surface area contributed by atoms with E-state index in [1.54, 1.807) is 15.8 Å². The summed E-state index contributed by atoms with van der Waals surface area (Å²) in [7, 11) is 1.86. The Bertz CT molecular complexity index is 618. The molecule has 1 fully saturated rings. The molecule has 1 aliphatic rings. The van der Waals surface area contributed by atoms with Crippen LogP contribution in [0.4, 0.5) is 0 Å². The molecular formula is C16H21N5O. The molecule has 1 aromatic heterocycles. The Labute approximate surface area is 130 Å². The number of piperidine rings is 1. The molecule has 0 spiro atoms. The molecule has 0 radical (unpaired) electrons. The number of nitrogens with zero attached hydrogens (tertiary/aromatic N) is 4. The zero-order valence-corrected chi connectivity index (χ0v) is 12.8. The number of hydrogen-bond acceptors (Lipinski definition) is 4. The predicted molar refractivity (Wildman–Crippen MR) is 83.6 cm³/mol. The van der Waals surface area contributed by atoms with Gasteiger partial charge >= 0.3 is 0 Å². The van der Waals surface area contributed by atoms with Crippen LogP contribution in [0.5, 0.6) is 0 Å². The van der Waals surface area contributed by atoms with Gasteiger partial charge < -0.3 is 10.2 Å². The fourth-order valence-electron chi connectivity index (χ4n) is 2.78. The number of amides is 1. The van der Waals surface area contributed by atoms with E-state index in [2.05, 4.69) is 15.6 Å². The first-order valence-corrected chi connectivity index (χ1v) is 7.66. The first-order chi connectivity index (χ1) is 10.7. The van der Waals surface area contributed by atoms with Crippen LogP contribution in [0.1, 0.15) is 28.9 Å². The maximum atomic E-state index is 12.5. The van der Waals surface area contributed by atoms with Crippen LogP contribution < -0.4 is 5.32 Å². The summed E-state index contributed by atoms with van der Waals surface area (Å²) in [5, 5.41) is 11.4. The van der Waals surface area contributed by atoms with Gasteiger partial charge in [0.15, 0.2) is 5.69 Å². The summed E-state index contributed by atoms with van der Waals surface area (Å²) >= 11 is 0. The maximum absolute atomic E-state index is 12.5. The standard InChI is InChI=1S/C16H21N5O/c1-20(14-7-9-17-10-8-14)16(22)15-12-21(19-18-15)11-13-5-3-2-4-6-13/h2-6,12,14,17H,7-11H2,1H3. The molecule has 22 heavy (non-hydrogen) atoms. The molecule has 116 valence electrons. The first-order valence-electron chi connectivity index (χ1n) is 7.66. The lowest BCUT2D eigenvalue weighted by Gasteiger charge is -2.31. The molecule has 1 aliphatic heterocycles. The quantitative estimate of drug-likeness (QED) is 0.920. The van der Waals surface area contributed by atoms with Gasteiger partial charge in [0.25, 0.3) is 5.91 Å². The van der Waals surface area contributed by atoms with Gasteiger partial charge in [0.2, 0.25) is 0 Å². The Morgan fingerprint density at radius 3 is 2.77 bits per heavy atom. The third-order valence-corrected chi connectivity index (χ3v) is 4.12. The summed E-state index contributed by atoms with van der Waals surface area (Å²) in [6.07, 6.45) is 3.70. The number of hydrogen-bond donors (Lipinski definition) is 1. The van der Waals surface area contributed by atoms with E-state index in [0.29, 0.717) is 12.2 Å². The fourth-order valence-corrected chi connectivity index (χ4v) is 2.78. The molecule has 0 unspecified atom stereocenters. The van der Waals surface area contributed by atoms with Gasteiger partial charge in [-0.05, 0) is 31.5 Å². The lowest BCUT2D eigenvalue weighted by atomic mass is 10.1. The van der Waals surface area contributed by atoms with Crippen molar-refractivity contribution in [2.24, 2.45) is 0 Å². The van der Waals surface area contributed by atoms with Crippen molar-refractivity contribution in [3.8, 4) is 0 Å². The number of nitrogens with one attached hydrogen (secondary N) is 1. The molecule has 6 nitrogen and oxygen atoms in total. The highest BCUT2D eigenvalue weighted by atomic mass is 16.2. The Kier molecular flexibility index (Phi) is 4.48. The van der Waals surface area contributed by atoms with Crippen molar-refractivity contribution in [3.63, 3.8) is 0 Å². The molecule has 2 aromatic rings. The topological polar surface area (TPSA) is 63.1 Å². The molecule has 0 saturated carbocycles. The molecule has 1 aromatic carbocycles. The lowest BCUT2D eigenvalue weighted by Crippen LogP contribution is -2.44. The number of carbonyl (C=O) groups excluding carboxylic acids is 1. The zero-order valence-electron chi connectivity index (χ0n) is 12.8. The van der Waals surface area contributed by atoms with Gasteiger partial charge in [-0.15, -0.1) is 5.10 Å². The van der Waals surface area contributed by atoms with Crippen molar-refractivity contribution in [2.75, 3.05) is 20.1 Å². The van der Waals surface area contributed by atoms with Crippen LogP contribution in [0, 0.1) is 0 Å². The summed E-state index contributed by atoms with van der Waals surface area (Å²) in [6.45, 7) is 2.55. The zero-order chi connectivity index (χ0) is 15.4. The van der Waals surface area contributed by atoms with Gasteiger partial charge in [-0.25, -0.2) is 4.68 Å². The van der Waals surface area contributed by atoms with E-state index in [1.165, 1.54) is 0 Å².